The van der Waals surface area contributed by atoms with Gasteiger partial charge in [0.1, 0.15) is 5.78 Å². The van der Waals surface area contributed by atoms with Gasteiger partial charge in [0.2, 0.25) is 0 Å². The number of hydrogen-bond acceptors (Lipinski definition) is 2. The van der Waals surface area contributed by atoms with Gasteiger partial charge in [-0.15, -0.1) is 0 Å². The Morgan fingerprint density at radius 2 is 2.00 bits per heavy atom. The highest BCUT2D eigenvalue weighted by atomic mass is 32.2. The van der Waals surface area contributed by atoms with Gasteiger partial charge in [-0.05, 0) is 24.7 Å². The van der Waals surface area contributed by atoms with Crippen LogP contribution in [0.4, 0.5) is 0 Å². The van der Waals surface area contributed by atoms with Gasteiger partial charge in [0, 0.05) is 0 Å². The monoisotopic (exact) mass is 194 g/mol. The third-order valence-electron chi connectivity index (χ3n) is 1.68. The molecule has 0 aliphatic heterocycles. The molecule has 0 heterocycles. The van der Waals surface area contributed by atoms with Crippen LogP contribution in [0.1, 0.15) is 12.5 Å². The molecule has 2 heteroatoms. The van der Waals surface area contributed by atoms with Crippen LogP contribution in [0.15, 0.2) is 30.3 Å². The van der Waals surface area contributed by atoms with Crippen molar-refractivity contribution in [3.8, 4) is 0 Å². The average Bonchev–Trinajstić information content (AvgIpc) is 2.14. The van der Waals surface area contributed by atoms with E-state index in [0.717, 1.165) is 12.2 Å². The second kappa shape index (κ2) is 5.81. The van der Waals surface area contributed by atoms with E-state index in [1.54, 1.807) is 18.7 Å². The predicted molar refractivity (Wildman–Crippen MR) is 58.2 cm³/mol. The summed E-state index contributed by atoms with van der Waals surface area (Å²) in [4.78, 5) is 10.6. The lowest BCUT2D eigenvalue weighted by molar-refractivity contribution is -0.114. The Kier molecular flexibility index (Phi) is 4.61. The smallest absolute Gasteiger partial charge is 0.139 e. The highest BCUT2D eigenvalue weighted by Crippen LogP contribution is 2.06. The first-order valence-electron chi connectivity index (χ1n) is 4.40. The van der Waals surface area contributed by atoms with E-state index in [1.807, 2.05) is 18.2 Å². The minimum atomic E-state index is 0.262. The molecule has 0 fully saturated rings. The van der Waals surface area contributed by atoms with Crippen molar-refractivity contribution in [3.63, 3.8) is 0 Å². The maximum atomic E-state index is 10.6. The van der Waals surface area contributed by atoms with Crippen LogP contribution >= 0.6 is 11.8 Å². The molecule has 0 aliphatic rings. The SMILES string of the molecule is CC(=O)CSCCc1ccccc1. The lowest BCUT2D eigenvalue weighted by atomic mass is 10.2. The van der Waals surface area contributed by atoms with Crippen molar-refractivity contribution in [2.75, 3.05) is 11.5 Å². The molecule has 0 unspecified atom stereocenters. The highest BCUT2D eigenvalue weighted by molar-refractivity contribution is 7.99. The van der Waals surface area contributed by atoms with Crippen LogP contribution in [0.25, 0.3) is 0 Å². The number of Topliss-reactive ketones (excluding diaryl/α,β-unsaturated/α-hetero) is 1. The lowest BCUT2D eigenvalue weighted by Gasteiger charge is -1.99. The van der Waals surface area contributed by atoms with Crippen LogP contribution in [-0.4, -0.2) is 17.3 Å². The lowest BCUT2D eigenvalue weighted by Crippen LogP contribution is -1.96. The molecule has 0 saturated heterocycles. The van der Waals surface area contributed by atoms with Gasteiger partial charge in [-0.2, -0.15) is 11.8 Å². The van der Waals surface area contributed by atoms with E-state index in [9.17, 15) is 4.79 Å². The Balaban J connectivity index is 2.17. The number of benzene rings is 1. The van der Waals surface area contributed by atoms with Crippen molar-refractivity contribution >= 4 is 17.5 Å². The minimum Gasteiger partial charge on any atom is -0.299 e. The van der Waals surface area contributed by atoms with Gasteiger partial charge in [-0.1, -0.05) is 30.3 Å². The first-order valence-corrected chi connectivity index (χ1v) is 5.55. The van der Waals surface area contributed by atoms with Gasteiger partial charge in [0.15, 0.2) is 0 Å². The van der Waals surface area contributed by atoms with Crippen molar-refractivity contribution in [1.82, 2.24) is 0 Å². The fourth-order valence-corrected chi connectivity index (χ4v) is 1.86. The highest BCUT2D eigenvalue weighted by Gasteiger charge is 1.94. The van der Waals surface area contributed by atoms with Gasteiger partial charge >= 0.3 is 0 Å². The summed E-state index contributed by atoms with van der Waals surface area (Å²) in [5.41, 5.74) is 1.35. The molecular formula is C11H14OS. The van der Waals surface area contributed by atoms with Crippen molar-refractivity contribution < 1.29 is 4.79 Å². The van der Waals surface area contributed by atoms with Gasteiger partial charge in [0.05, 0.1) is 5.75 Å². The van der Waals surface area contributed by atoms with Crippen molar-refractivity contribution in [3.05, 3.63) is 35.9 Å². The zero-order chi connectivity index (χ0) is 9.52. The summed E-state index contributed by atoms with van der Waals surface area (Å²) in [5, 5.41) is 0. The zero-order valence-electron chi connectivity index (χ0n) is 7.82. The normalized spacial score (nSPS) is 9.92. The van der Waals surface area contributed by atoms with E-state index >= 15 is 0 Å². The number of aryl methyl sites for hydroxylation is 1. The summed E-state index contributed by atoms with van der Waals surface area (Å²) in [7, 11) is 0. The molecule has 0 amide bonds. The van der Waals surface area contributed by atoms with E-state index in [1.165, 1.54) is 5.56 Å². The molecular weight excluding hydrogens is 180 g/mol. The summed E-state index contributed by atoms with van der Waals surface area (Å²) in [5.74, 6) is 1.94. The second-order valence-corrected chi connectivity index (χ2v) is 4.10. The Bertz CT molecular complexity index is 256. The zero-order valence-corrected chi connectivity index (χ0v) is 8.64. The molecule has 1 rings (SSSR count). The largest absolute Gasteiger partial charge is 0.299 e. The minimum absolute atomic E-state index is 0.262. The Morgan fingerprint density at radius 1 is 1.31 bits per heavy atom. The topological polar surface area (TPSA) is 17.1 Å². The molecule has 1 aromatic carbocycles. The molecule has 0 aliphatic carbocycles. The number of carbonyl (C=O) groups is 1. The molecule has 0 spiro atoms. The number of hydrogen-bond donors (Lipinski definition) is 0. The number of rotatable bonds is 5. The van der Waals surface area contributed by atoms with Crippen LogP contribution in [0.5, 0.6) is 0 Å². The van der Waals surface area contributed by atoms with E-state index in [4.69, 9.17) is 0 Å². The van der Waals surface area contributed by atoms with Crippen LogP contribution in [0.3, 0.4) is 0 Å². The average molecular weight is 194 g/mol. The summed E-state index contributed by atoms with van der Waals surface area (Å²) >= 11 is 1.71. The first kappa shape index (κ1) is 10.3. The van der Waals surface area contributed by atoms with Crippen LogP contribution in [0.2, 0.25) is 0 Å². The maximum Gasteiger partial charge on any atom is 0.139 e. The van der Waals surface area contributed by atoms with E-state index < -0.39 is 0 Å². The summed E-state index contributed by atoms with van der Waals surface area (Å²) < 4.78 is 0. The second-order valence-electron chi connectivity index (χ2n) is 2.99. The third-order valence-corrected chi connectivity index (χ3v) is 2.79. The number of thioether (sulfide) groups is 1. The molecule has 1 nitrogen and oxygen atoms in total. The van der Waals surface area contributed by atoms with E-state index in [2.05, 4.69) is 12.1 Å². The predicted octanol–water partition coefficient (Wildman–Crippen LogP) is 2.55. The molecule has 0 radical (unpaired) electrons. The van der Waals surface area contributed by atoms with Gasteiger partial charge in [-0.25, -0.2) is 0 Å². The van der Waals surface area contributed by atoms with Crippen molar-refractivity contribution in [2.45, 2.75) is 13.3 Å². The standard InChI is InChI=1S/C11H14OS/c1-10(12)9-13-8-7-11-5-3-2-4-6-11/h2-6H,7-9H2,1H3. The van der Waals surface area contributed by atoms with Crippen LogP contribution in [0, 0.1) is 0 Å². The van der Waals surface area contributed by atoms with Crippen molar-refractivity contribution in [1.29, 1.82) is 0 Å². The van der Waals surface area contributed by atoms with Crippen molar-refractivity contribution in [2.24, 2.45) is 0 Å². The molecule has 0 saturated carbocycles. The Hall–Kier alpha value is -0.760. The van der Waals surface area contributed by atoms with Crippen LogP contribution in [-0.2, 0) is 11.2 Å². The number of ketones is 1. The molecule has 0 bridgehead atoms. The third kappa shape index (κ3) is 4.73. The fourth-order valence-electron chi connectivity index (χ4n) is 1.05. The Morgan fingerprint density at radius 3 is 2.62 bits per heavy atom. The molecule has 70 valence electrons. The van der Waals surface area contributed by atoms with Gasteiger partial charge < -0.3 is 0 Å². The van der Waals surface area contributed by atoms with Gasteiger partial charge in [0.25, 0.3) is 0 Å². The maximum absolute atomic E-state index is 10.6. The fraction of sp³-hybridized carbons (Fsp3) is 0.364. The van der Waals surface area contributed by atoms with Crippen LogP contribution < -0.4 is 0 Å². The number of carbonyl (C=O) groups excluding carboxylic acids is 1. The van der Waals surface area contributed by atoms with Gasteiger partial charge in [-0.3, -0.25) is 4.79 Å². The summed E-state index contributed by atoms with van der Waals surface area (Å²) in [6.45, 7) is 1.63. The van der Waals surface area contributed by atoms with E-state index in [0.29, 0.717) is 5.75 Å². The molecule has 0 atom stereocenters. The Labute approximate surface area is 83.5 Å². The first-order chi connectivity index (χ1) is 6.29. The molecule has 0 N–H and O–H groups in total. The quantitative estimate of drug-likeness (QED) is 0.670. The summed E-state index contributed by atoms with van der Waals surface area (Å²) in [6.07, 6.45) is 1.05. The molecule has 1 aromatic rings. The molecule has 13 heavy (non-hydrogen) atoms. The summed E-state index contributed by atoms with van der Waals surface area (Å²) in [6, 6.07) is 10.4. The van der Waals surface area contributed by atoms with E-state index in [-0.39, 0.29) is 5.78 Å². The molecule has 0 aromatic heterocycles.